The molecule has 2 aromatic carbocycles. The van der Waals surface area contributed by atoms with E-state index in [9.17, 15) is 4.79 Å². The lowest BCUT2D eigenvalue weighted by atomic mass is 10.2. The normalized spacial score (nSPS) is 11.2. The van der Waals surface area contributed by atoms with Crippen LogP contribution in [0.3, 0.4) is 0 Å². The smallest absolute Gasteiger partial charge is 0.326 e. The second-order valence-electron chi connectivity index (χ2n) is 5.46. The van der Waals surface area contributed by atoms with Gasteiger partial charge < -0.3 is 9.30 Å². The lowest BCUT2D eigenvalue weighted by molar-refractivity contribution is -0.142. The third-order valence-electron chi connectivity index (χ3n) is 3.91. The Hall–Kier alpha value is -3.21. The van der Waals surface area contributed by atoms with E-state index in [1.165, 1.54) is 0 Å². The van der Waals surface area contributed by atoms with Gasteiger partial charge in [-0.1, -0.05) is 43.0 Å². The van der Waals surface area contributed by atoms with Crippen LogP contribution >= 0.6 is 0 Å². The van der Waals surface area contributed by atoms with Crippen LogP contribution in [-0.4, -0.2) is 27.1 Å². The Balaban J connectivity index is 1.96. The molecule has 118 valence electrons. The number of nitrogens with zero attached hydrogens (tertiary/aromatic N) is 3. The molecule has 0 bridgehead atoms. The van der Waals surface area contributed by atoms with Crippen LogP contribution in [0.25, 0.3) is 33.1 Å². The Morgan fingerprint density at radius 3 is 2.58 bits per heavy atom. The highest BCUT2D eigenvalue weighted by molar-refractivity contribution is 6.06. The molecule has 0 fully saturated rings. The minimum absolute atomic E-state index is 0.0882. The molecule has 0 aliphatic rings. The number of carbonyl (C=O) groups excluding carboxylic acids is 1. The first-order chi connectivity index (χ1) is 11.8. The van der Waals surface area contributed by atoms with Gasteiger partial charge >= 0.3 is 5.97 Å². The van der Waals surface area contributed by atoms with Crippen LogP contribution in [-0.2, 0) is 16.1 Å². The number of benzene rings is 2. The Kier molecular flexibility index (Phi) is 3.46. The Morgan fingerprint density at radius 2 is 1.79 bits per heavy atom. The first-order valence-corrected chi connectivity index (χ1v) is 7.68. The van der Waals surface area contributed by atoms with E-state index in [0.29, 0.717) is 5.65 Å². The minimum atomic E-state index is -0.326. The number of esters is 1. The van der Waals surface area contributed by atoms with Gasteiger partial charge in [0.1, 0.15) is 18.7 Å². The molecule has 0 aliphatic heterocycles. The topological polar surface area (TPSA) is 57.0 Å². The number of para-hydroxylation sites is 3. The van der Waals surface area contributed by atoms with E-state index in [4.69, 9.17) is 14.7 Å². The molecule has 0 saturated carbocycles. The molecular formula is C19H15N3O2. The molecule has 2 heterocycles. The fourth-order valence-corrected chi connectivity index (χ4v) is 2.87. The highest BCUT2D eigenvalue weighted by Crippen LogP contribution is 2.28. The zero-order valence-corrected chi connectivity index (χ0v) is 13.0. The van der Waals surface area contributed by atoms with Crippen LogP contribution in [0.15, 0.2) is 61.2 Å². The van der Waals surface area contributed by atoms with Crippen molar-refractivity contribution in [3.8, 4) is 0 Å². The number of carbonyl (C=O) groups is 1. The lowest BCUT2D eigenvalue weighted by Gasteiger charge is -2.06. The second-order valence-corrected chi connectivity index (χ2v) is 5.46. The minimum Gasteiger partial charge on any atom is -0.460 e. The number of fused-ring (bicyclic) bond motifs is 4. The number of hydrogen-bond donors (Lipinski definition) is 0. The second kappa shape index (κ2) is 5.77. The van der Waals surface area contributed by atoms with E-state index < -0.39 is 0 Å². The van der Waals surface area contributed by atoms with Crippen molar-refractivity contribution in [1.82, 2.24) is 14.5 Å². The van der Waals surface area contributed by atoms with Crippen molar-refractivity contribution >= 4 is 39.1 Å². The van der Waals surface area contributed by atoms with Gasteiger partial charge in [0.15, 0.2) is 5.65 Å². The standard InChI is InChI=1S/C19H15N3O2/c1-2-11-24-17(23)12-22-16-10-6-3-7-13(16)18-19(22)21-15-9-5-4-8-14(15)20-18/h2-10H,1,11-12H2. The molecule has 0 aliphatic carbocycles. The average Bonchev–Trinajstić information content (AvgIpc) is 2.91. The molecule has 24 heavy (non-hydrogen) atoms. The maximum atomic E-state index is 12.1. The summed E-state index contributed by atoms with van der Waals surface area (Å²) in [7, 11) is 0. The van der Waals surface area contributed by atoms with Gasteiger partial charge in [-0.05, 0) is 18.2 Å². The third-order valence-corrected chi connectivity index (χ3v) is 3.91. The molecule has 0 saturated heterocycles. The highest BCUT2D eigenvalue weighted by atomic mass is 16.5. The van der Waals surface area contributed by atoms with Gasteiger partial charge in [0.2, 0.25) is 0 Å². The van der Waals surface area contributed by atoms with Crippen molar-refractivity contribution in [2.24, 2.45) is 0 Å². The molecule has 4 rings (SSSR count). The molecule has 4 aromatic rings. The molecule has 5 heteroatoms. The van der Waals surface area contributed by atoms with E-state index in [0.717, 1.165) is 27.5 Å². The van der Waals surface area contributed by atoms with Crippen LogP contribution < -0.4 is 0 Å². The molecule has 0 atom stereocenters. The summed E-state index contributed by atoms with van der Waals surface area (Å²) in [5, 5.41) is 0.974. The fraction of sp³-hybridized carbons (Fsp3) is 0.105. The highest BCUT2D eigenvalue weighted by Gasteiger charge is 2.16. The zero-order valence-electron chi connectivity index (χ0n) is 13.0. The maximum Gasteiger partial charge on any atom is 0.326 e. The van der Waals surface area contributed by atoms with Crippen LogP contribution in [0.4, 0.5) is 0 Å². The van der Waals surface area contributed by atoms with Gasteiger partial charge in [-0.3, -0.25) is 4.79 Å². The SMILES string of the molecule is C=CCOC(=O)Cn1c2ccccc2c2nc3ccccc3nc21. The molecule has 2 aromatic heterocycles. The number of hydrogen-bond acceptors (Lipinski definition) is 4. The predicted molar refractivity (Wildman–Crippen MR) is 93.7 cm³/mol. The summed E-state index contributed by atoms with van der Waals surface area (Å²) in [6, 6.07) is 15.6. The third kappa shape index (κ3) is 2.31. The predicted octanol–water partition coefficient (Wildman–Crippen LogP) is 3.47. The largest absolute Gasteiger partial charge is 0.460 e. The summed E-state index contributed by atoms with van der Waals surface area (Å²) in [6.07, 6.45) is 1.55. The lowest BCUT2D eigenvalue weighted by Crippen LogP contribution is -2.13. The van der Waals surface area contributed by atoms with Crippen molar-refractivity contribution in [3.63, 3.8) is 0 Å². The summed E-state index contributed by atoms with van der Waals surface area (Å²) >= 11 is 0. The summed E-state index contributed by atoms with van der Waals surface area (Å²) in [6.45, 7) is 3.84. The van der Waals surface area contributed by atoms with Gasteiger partial charge in [-0.25, -0.2) is 9.97 Å². The van der Waals surface area contributed by atoms with Crippen molar-refractivity contribution in [2.45, 2.75) is 6.54 Å². The molecule has 5 nitrogen and oxygen atoms in total. The molecule has 0 amide bonds. The Bertz CT molecular complexity index is 1080. The Morgan fingerprint density at radius 1 is 1.08 bits per heavy atom. The van der Waals surface area contributed by atoms with Crippen molar-refractivity contribution in [2.75, 3.05) is 6.61 Å². The number of aromatic nitrogens is 3. The fourth-order valence-electron chi connectivity index (χ4n) is 2.87. The van der Waals surface area contributed by atoms with Crippen LogP contribution in [0.1, 0.15) is 0 Å². The van der Waals surface area contributed by atoms with Crippen molar-refractivity contribution in [3.05, 3.63) is 61.2 Å². The molecular weight excluding hydrogens is 302 g/mol. The van der Waals surface area contributed by atoms with Gasteiger partial charge in [0.05, 0.1) is 16.6 Å². The first-order valence-electron chi connectivity index (χ1n) is 7.68. The molecule has 0 N–H and O–H groups in total. The number of rotatable bonds is 4. The van der Waals surface area contributed by atoms with Crippen molar-refractivity contribution < 1.29 is 9.53 Å². The van der Waals surface area contributed by atoms with E-state index in [2.05, 4.69) is 6.58 Å². The van der Waals surface area contributed by atoms with E-state index in [1.54, 1.807) is 6.08 Å². The van der Waals surface area contributed by atoms with E-state index in [-0.39, 0.29) is 19.1 Å². The molecule has 0 spiro atoms. The van der Waals surface area contributed by atoms with Gasteiger partial charge in [0.25, 0.3) is 0 Å². The summed E-state index contributed by atoms with van der Waals surface area (Å²) in [5.74, 6) is -0.326. The molecule has 0 unspecified atom stereocenters. The van der Waals surface area contributed by atoms with E-state index in [1.807, 2.05) is 53.1 Å². The molecule has 0 radical (unpaired) electrons. The van der Waals surface area contributed by atoms with Gasteiger partial charge in [-0.2, -0.15) is 0 Å². The van der Waals surface area contributed by atoms with Crippen LogP contribution in [0, 0.1) is 0 Å². The van der Waals surface area contributed by atoms with E-state index >= 15 is 0 Å². The average molecular weight is 317 g/mol. The zero-order chi connectivity index (χ0) is 16.5. The van der Waals surface area contributed by atoms with Crippen LogP contribution in [0.2, 0.25) is 0 Å². The Labute approximate surface area is 138 Å². The van der Waals surface area contributed by atoms with Crippen molar-refractivity contribution in [1.29, 1.82) is 0 Å². The number of ether oxygens (including phenoxy) is 1. The summed E-state index contributed by atoms with van der Waals surface area (Å²) in [4.78, 5) is 21.5. The van der Waals surface area contributed by atoms with Gasteiger partial charge in [0, 0.05) is 5.39 Å². The quantitative estimate of drug-likeness (QED) is 0.427. The van der Waals surface area contributed by atoms with Crippen LogP contribution in [0.5, 0.6) is 0 Å². The summed E-state index contributed by atoms with van der Waals surface area (Å²) < 4.78 is 6.98. The van der Waals surface area contributed by atoms with Gasteiger partial charge in [-0.15, -0.1) is 0 Å². The maximum absolute atomic E-state index is 12.1. The monoisotopic (exact) mass is 317 g/mol. The first kappa shape index (κ1) is 14.4. The summed E-state index contributed by atoms with van der Waals surface area (Å²) in [5.41, 5.74) is 4.03.